The monoisotopic (exact) mass is 590 g/mol. The predicted molar refractivity (Wildman–Crippen MR) is 144 cm³/mol. The largest absolute Gasteiger partial charge is 0.437 e. The summed E-state index contributed by atoms with van der Waals surface area (Å²) in [6.07, 6.45) is 1.54. The molecule has 1 atom stereocenters. The van der Waals surface area contributed by atoms with Crippen LogP contribution < -0.4 is 10.4 Å². The van der Waals surface area contributed by atoms with Gasteiger partial charge in [-0.15, -0.1) is 5.10 Å². The number of ether oxygens (including phenoxy) is 1. The number of aromatic nitrogens is 4. The summed E-state index contributed by atoms with van der Waals surface area (Å²) in [5, 5.41) is 5.96. The lowest BCUT2D eigenvalue weighted by atomic mass is 9.84. The lowest BCUT2D eigenvalue weighted by Crippen LogP contribution is -2.22. The summed E-state index contributed by atoms with van der Waals surface area (Å²) in [5.74, 6) is 0.416. The van der Waals surface area contributed by atoms with Crippen molar-refractivity contribution in [3.8, 4) is 23.0 Å². The zero-order valence-electron chi connectivity index (χ0n) is 18.7. The second kappa shape index (κ2) is 8.41. The van der Waals surface area contributed by atoms with Gasteiger partial charge in [0.05, 0.1) is 32.5 Å². The number of hydrogen-bond donors (Lipinski definition) is 0. The van der Waals surface area contributed by atoms with Crippen molar-refractivity contribution in [2.45, 2.75) is 5.92 Å². The Morgan fingerprint density at radius 2 is 1.76 bits per heavy atom. The van der Waals surface area contributed by atoms with Gasteiger partial charge in [-0.3, -0.25) is 0 Å². The molecular formula is C27H13BrCl2N4O3. The highest BCUT2D eigenvalue weighted by Crippen LogP contribution is 2.50. The van der Waals surface area contributed by atoms with E-state index in [2.05, 4.69) is 26.0 Å². The number of halogens is 3. The zero-order valence-corrected chi connectivity index (χ0v) is 21.8. The number of benzene rings is 3. The number of nitrogens with zero attached hydrogens (tertiary/aromatic N) is 4. The number of hydrogen-bond acceptors (Lipinski definition) is 6. The third-order valence-electron chi connectivity index (χ3n) is 6.37. The third-order valence-corrected chi connectivity index (χ3v) is 7.89. The molecule has 0 fully saturated rings. The van der Waals surface area contributed by atoms with Crippen LogP contribution in [0.1, 0.15) is 22.6 Å². The molecule has 0 saturated carbocycles. The third kappa shape index (κ3) is 3.40. The maximum absolute atomic E-state index is 13.5. The average molecular weight is 592 g/mol. The van der Waals surface area contributed by atoms with E-state index < -0.39 is 11.5 Å². The molecular weight excluding hydrogens is 579 g/mol. The van der Waals surface area contributed by atoms with Crippen molar-refractivity contribution in [1.29, 1.82) is 0 Å². The molecule has 0 spiro atoms. The van der Waals surface area contributed by atoms with Crippen LogP contribution in [0.4, 0.5) is 0 Å². The van der Waals surface area contributed by atoms with Crippen LogP contribution in [-0.2, 0) is 0 Å². The van der Waals surface area contributed by atoms with Crippen molar-refractivity contribution in [3.63, 3.8) is 0 Å². The normalized spacial score (nSPS) is 14.4. The first-order chi connectivity index (χ1) is 18.0. The molecule has 0 bridgehead atoms. The van der Waals surface area contributed by atoms with Crippen molar-refractivity contribution in [3.05, 3.63) is 115 Å². The highest BCUT2D eigenvalue weighted by molar-refractivity contribution is 9.10. The van der Waals surface area contributed by atoms with E-state index in [1.54, 1.807) is 28.8 Å². The van der Waals surface area contributed by atoms with Crippen LogP contribution in [0, 0.1) is 0 Å². The summed E-state index contributed by atoms with van der Waals surface area (Å²) in [4.78, 5) is 22.9. The van der Waals surface area contributed by atoms with Gasteiger partial charge in [0.15, 0.2) is 17.2 Å². The molecule has 4 heterocycles. The molecule has 3 aromatic heterocycles. The second-order valence-electron chi connectivity index (χ2n) is 8.45. The van der Waals surface area contributed by atoms with E-state index in [0.717, 1.165) is 10.0 Å². The molecule has 180 valence electrons. The lowest BCUT2D eigenvalue weighted by Gasteiger charge is -2.28. The number of rotatable bonds is 2. The summed E-state index contributed by atoms with van der Waals surface area (Å²) < 4.78 is 14.4. The van der Waals surface area contributed by atoms with Crippen LogP contribution >= 0.6 is 39.1 Å². The Morgan fingerprint density at radius 1 is 0.946 bits per heavy atom. The van der Waals surface area contributed by atoms with Crippen molar-refractivity contribution in [2.24, 2.45) is 0 Å². The van der Waals surface area contributed by atoms with Crippen LogP contribution in [0.25, 0.3) is 28.0 Å². The zero-order chi connectivity index (χ0) is 25.3. The molecule has 37 heavy (non-hydrogen) atoms. The van der Waals surface area contributed by atoms with Gasteiger partial charge in [0.1, 0.15) is 11.9 Å². The molecule has 0 radical (unpaired) electrons. The molecule has 0 aliphatic carbocycles. The Balaban J connectivity index is 1.58. The molecule has 1 aliphatic rings. The lowest BCUT2D eigenvalue weighted by molar-refractivity contribution is 0.422. The van der Waals surface area contributed by atoms with Crippen molar-refractivity contribution >= 4 is 55.7 Å². The standard InChI is InChI=1S/C27H13BrCl2N4O3/c28-16-9-3-1-6-13(16)24-32-25-21-19(15-8-5-10-17(29)22(15)30)20-23(37-26(21)31-12-34(25)33-24)14-7-2-4-11-18(14)36-27(20)35/h1-12,19H. The second-order valence-corrected chi connectivity index (χ2v) is 10.1. The van der Waals surface area contributed by atoms with Crippen LogP contribution in [-0.4, -0.2) is 19.6 Å². The minimum atomic E-state index is -0.724. The Bertz CT molecular complexity index is 1950. The van der Waals surface area contributed by atoms with E-state index in [1.165, 1.54) is 6.33 Å². The van der Waals surface area contributed by atoms with Gasteiger partial charge in [0.2, 0.25) is 5.88 Å². The molecule has 0 amide bonds. The van der Waals surface area contributed by atoms with Crippen LogP contribution in [0.3, 0.4) is 0 Å². The average Bonchev–Trinajstić information content (AvgIpc) is 3.34. The van der Waals surface area contributed by atoms with Crippen molar-refractivity contribution in [2.75, 3.05) is 0 Å². The molecule has 6 aromatic rings. The first-order valence-corrected chi connectivity index (χ1v) is 12.7. The molecule has 7 rings (SSSR count). The summed E-state index contributed by atoms with van der Waals surface area (Å²) in [6.45, 7) is 0. The molecule has 0 N–H and O–H groups in total. The van der Waals surface area contributed by atoms with Crippen LogP contribution in [0.5, 0.6) is 11.6 Å². The summed E-state index contributed by atoms with van der Waals surface area (Å²) in [6, 6.07) is 20.1. The number of para-hydroxylation sites is 1. The van der Waals surface area contributed by atoms with E-state index in [-0.39, 0.29) is 5.56 Å². The van der Waals surface area contributed by atoms with Gasteiger partial charge in [0.25, 0.3) is 0 Å². The maximum atomic E-state index is 13.5. The molecule has 1 aliphatic heterocycles. The highest BCUT2D eigenvalue weighted by Gasteiger charge is 2.38. The molecule has 7 nitrogen and oxygen atoms in total. The van der Waals surface area contributed by atoms with Crippen molar-refractivity contribution < 1.29 is 9.15 Å². The van der Waals surface area contributed by atoms with Crippen LogP contribution in [0.15, 0.2) is 86.7 Å². The predicted octanol–water partition coefficient (Wildman–Crippen LogP) is 7.25. The fourth-order valence-corrected chi connectivity index (χ4v) is 5.62. The Kier molecular flexibility index (Phi) is 5.11. The summed E-state index contributed by atoms with van der Waals surface area (Å²) in [5.41, 5.74) is 2.56. The fourth-order valence-electron chi connectivity index (χ4n) is 4.74. The Labute approximate surface area is 227 Å². The van der Waals surface area contributed by atoms with Crippen LogP contribution in [0.2, 0.25) is 10.0 Å². The molecule has 1 unspecified atom stereocenters. The van der Waals surface area contributed by atoms with Crippen molar-refractivity contribution in [1.82, 2.24) is 19.6 Å². The summed E-state index contributed by atoms with van der Waals surface area (Å²) in [7, 11) is 0. The van der Waals surface area contributed by atoms with E-state index in [4.69, 9.17) is 37.3 Å². The topological polar surface area (TPSA) is 82.5 Å². The van der Waals surface area contributed by atoms with E-state index in [1.807, 2.05) is 42.5 Å². The summed E-state index contributed by atoms with van der Waals surface area (Å²) >= 11 is 16.7. The molecule has 0 saturated heterocycles. The van der Waals surface area contributed by atoms with Gasteiger partial charge in [0, 0.05) is 10.0 Å². The molecule has 10 heteroatoms. The Morgan fingerprint density at radius 3 is 2.62 bits per heavy atom. The van der Waals surface area contributed by atoms with E-state index >= 15 is 0 Å². The van der Waals surface area contributed by atoms with Gasteiger partial charge in [-0.2, -0.15) is 0 Å². The van der Waals surface area contributed by atoms with Gasteiger partial charge >= 0.3 is 5.63 Å². The number of fused-ring (bicyclic) bond motifs is 6. The minimum Gasteiger partial charge on any atom is -0.437 e. The first-order valence-electron chi connectivity index (χ1n) is 11.2. The maximum Gasteiger partial charge on any atom is 0.344 e. The van der Waals surface area contributed by atoms with Gasteiger partial charge < -0.3 is 9.15 Å². The van der Waals surface area contributed by atoms with Gasteiger partial charge in [-0.25, -0.2) is 19.3 Å². The Hall–Kier alpha value is -3.72. The molecule has 3 aromatic carbocycles. The smallest absolute Gasteiger partial charge is 0.344 e. The fraction of sp³-hybridized carbons (Fsp3) is 0.0370. The highest BCUT2D eigenvalue weighted by atomic mass is 79.9. The quantitative estimate of drug-likeness (QED) is 0.197. The van der Waals surface area contributed by atoms with E-state index in [9.17, 15) is 4.79 Å². The SMILES string of the molecule is O=c1oc2ccccc2c2c1C(c1cccc(Cl)c1Cl)c1c(ncn3nc(-c4ccccc4Br)nc13)O2. The first kappa shape index (κ1) is 22.5. The van der Waals surface area contributed by atoms with E-state index in [0.29, 0.717) is 55.2 Å². The van der Waals surface area contributed by atoms with Gasteiger partial charge in [-0.1, -0.05) is 75.5 Å². The minimum absolute atomic E-state index is 0.288. The van der Waals surface area contributed by atoms with Gasteiger partial charge in [-0.05, 0) is 35.9 Å².